The minimum Gasteiger partial charge on any atom is -0.497 e. The van der Waals surface area contributed by atoms with E-state index in [1.54, 1.807) is 7.11 Å². The van der Waals surface area contributed by atoms with Crippen molar-refractivity contribution in [3.05, 3.63) is 35.4 Å². The van der Waals surface area contributed by atoms with Crippen LogP contribution in [0.5, 0.6) is 5.75 Å². The molecule has 0 bridgehead atoms. The molecule has 18 heavy (non-hydrogen) atoms. The molecule has 1 aromatic carbocycles. The molecule has 2 rings (SSSR count). The summed E-state index contributed by atoms with van der Waals surface area (Å²) in [6.07, 6.45) is 2.44. The first-order valence-electron chi connectivity index (χ1n) is 5.79. The van der Waals surface area contributed by atoms with Crippen LogP contribution < -0.4 is 4.74 Å². The third kappa shape index (κ3) is 2.42. The van der Waals surface area contributed by atoms with E-state index in [0.717, 1.165) is 11.3 Å². The molecule has 4 nitrogen and oxygen atoms in total. The van der Waals surface area contributed by atoms with Crippen molar-refractivity contribution in [2.45, 2.75) is 13.3 Å². The quantitative estimate of drug-likeness (QED) is 0.747. The highest BCUT2D eigenvalue weighted by Gasteiger charge is 2.28. The number of nitrogens with zero attached hydrogens (tertiary/aromatic N) is 1. The Morgan fingerprint density at radius 2 is 2.00 bits per heavy atom. The summed E-state index contributed by atoms with van der Waals surface area (Å²) >= 11 is 0. The molecule has 1 saturated heterocycles. The third-order valence-electron chi connectivity index (χ3n) is 2.96. The molecule has 0 spiro atoms. The van der Waals surface area contributed by atoms with Gasteiger partial charge in [0.25, 0.3) is 5.91 Å². The van der Waals surface area contributed by atoms with Crippen molar-refractivity contribution in [3.8, 4) is 5.75 Å². The molecule has 1 fully saturated rings. The fourth-order valence-electron chi connectivity index (χ4n) is 1.95. The maximum Gasteiger partial charge on any atom is 0.256 e. The number of rotatable bonds is 2. The highest BCUT2D eigenvalue weighted by atomic mass is 16.5. The van der Waals surface area contributed by atoms with Gasteiger partial charge < -0.3 is 4.74 Å². The molecular formula is C14H15NO3. The molecule has 0 N–H and O–H groups in total. The molecule has 1 heterocycles. The van der Waals surface area contributed by atoms with Gasteiger partial charge in [-0.15, -0.1) is 0 Å². The average molecular weight is 245 g/mol. The lowest BCUT2D eigenvalue weighted by molar-refractivity contribution is -0.138. The van der Waals surface area contributed by atoms with Crippen molar-refractivity contribution >= 4 is 17.9 Å². The van der Waals surface area contributed by atoms with Gasteiger partial charge in [-0.2, -0.15) is 0 Å². The average Bonchev–Trinajstić information content (AvgIpc) is 2.72. The van der Waals surface area contributed by atoms with E-state index in [4.69, 9.17) is 4.74 Å². The number of imide groups is 1. The fraction of sp³-hybridized carbons (Fsp3) is 0.286. The van der Waals surface area contributed by atoms with Gasteiger partial charge in [0.2, 0.25) is 5.91 Å². The predicted octanol–water partition coefficient (Wildman–Crippen LogP) is 1.86. The van der Waals surface area contributed by atoms with Crippen molar-refractivity contribution in [2.24, 2.45) is 0 Å². The Bertz CT molecular complexity index is 502. The number of methoxy groups -OCH3 is 1. The number of hydrogen-bond donors (Lipinski definition) is 0. The topological polar surface area (TPSA) is 46.6 Å². The van der Waals surface area contributed by atoms with Crippen LogP contribution in [0.4, 0.5) is 0 Å². The van der Waals surface area contributed by atoms with E-state index in [2.05, 4.69) is 0 Å². The number of likely N-dealkylation sites (tertiary alicyclic amines) is 1. The zero-order valence-electron chi connectivity index (χ0n) is 10.5. The largest absolute Gasteiger partial charge is 0.497 e. The highest BCUT2D eigenvalue weighted by Crippen LogP contribution is 2.21. The van der Waals surface area contributed by atoms with Crippen LogP contribution in [0.2, 0.25) is 0 Å². The Morgan fingerprint density at radius 1 is 1.33 bits per heavy atom. The van der Waals surface area contributed by atoms with Crippen LogP contribution in [-0.4, -0.2) is 30.4 Å². The van der Waals surface area contributed by atoms with Gasteiger partial charge in [-0.1, -0.05) is 12.1 Å². The summed E-state index contributed by atoms with van der Waals surface area (Å²) in [6, 6.07) is 7.45. The van der Waals surface area contributed by atoms with Crippen LogP contribution in [0.1, 0.15) is 18.9 Å². The van der Waals surface area contributed by atoms with Crippen LogP contribution in [0.15, 0.2) is 29.8 Å². The molecule has 0 aliphatic carbocycles. The van der Waals surface area contributed by atoms with Crippen LogP contribution in [0, 0.1) is 0 Å². The van der Waals surface area contributed by atoms with E-state index in [1.165, 1.54) is 11.8 Å². The van der Waals surface area contributed by atoms with E-state index in [0.29, 0.717) is 18.5 Å². The number of carbonyl (C=O) groups is 2. The van der Waals surface area contributed by atoms with E-state index in [9.17, 15) is 9.59 Å². The number of hydrogen-bond acceptors (Lipinski definition) is 3. The summed E-state index contributed by atoms with van der Waals surface area (Å²) in [6.45, 7) is 1.89. The summed E-state index contributed by atoms with van der Waals surface area (Å²) in [5.74, 6) is 0.400. The minimum absolute atomic E-state index is 0.182. The molecular weight excluding hydrogens is 230 g/mol. The van der Waals surface area contributed by atoms with Crippen molar-refractivity contribution in [3.63, 3.8) is 0 Å². The Labute approximate surface area is 106 Å². The van der Waals surface area contributed by atoms with Crippen LogP contribution in [-0.2, 0) is 9.59 Å². The summed E-state index contributed by atoms with van der Waals surface area (Å²) in [7, 11) is 1.61. The number of ether oxygens (including phenoxy) is 1. The fourth-order valence-corrected chi connectivity index (χ4v) is 1.95. The second-order valence-electron chi connectivity index (χ2n) is 4.17. The smallest absolute Gasteiger partial charge is 0.256 e. The van der Waals surface area contributed by atoms with Gasteiger partial charge in [-0.25, -0.2) is 0 Å². The zero-order chi connectivity index (χ0) is 13.1. The molecule has 0 atom stereocenters. The summed E-state index contributed by atoms with van der Waals surface area (Å²) in [4.78, 5) is 24.4. The first kappa shape index (κ1) is 12.4. The first-order chi connectivity index (χ1) is 8.61. The van der Waals surface area contributed by atoms with Gasteiger partial charge in [-0.05, 0) is 30.2 Å². The molecule has 0 aromatic heterocycles. The number of benzene rings is 1. The molecule has 2 amide bonds. The van der Waals surface area contributed by atoms with Crippen molar-refractivity contribution in [1.29, 1.82) is 0 Å². The van der Waals surface area contributed by atoms with Crippen molar-refractivity contribution in [2.75, 3.05) is 13.7 Å². The lowest BCUT2D eigenvalue weighted by Crippen LogP contribution is -2.29. The van der Waals surface area contributed by atoms with Crippen LogP contribution in [0.25, 0.3) is 6.08 Å². The Hall–Kier alpha value is -2.10. The van der Waals surface area contributed by atoms with E-state index < -0.39 is 0 Å². The zero-order valence-corrected chi connectivity index (χ0v) is 10.5. The minimum atomic E-state index is -0.196. The second kappa shape index (κ2) is 5.04. The molecule has 0 saturated carbocycles. The van der Waals surface area contributed by atoms with Crippen LogP contribution in [0.3, 0.4) is 0 Å². The summed E-state index contributed by atoms with van der Waals surface area (Å²) in [5, 5.41) is 0. The predicted molar refractivity (Wildman–Crippen MR) is 68.0 cm³/mol. The van der Waals surface area contributed by atoms with Gasteiger partial charge >= 0.3 is 0 Å². The molecule has 94 valence electrons. The van der Waals surface area contributed by atoms with E-state index >= 15 is 0 Å². The third-order valence-corrected chi connectivity index (χ3v) is 2.96. The standard InChI is InChI=1S/C14H15NO3/c1-10(16)15-8-7-12(14(15)17)9-11-3-5-13(18-2)6-4-11/h3-6,9H,7-8H2,1-2H3. The number of carbonyl (C=O) groups excluding carboxylic acids is 2. The SMILES string of the molecule is COc1ccc(C=C2CCN(C(C)=O)C2=O)cc1. The molecule has 0 unspecified atom stereocenters. The molecule has 1 aromatic rings. The molecule has 4 heteroatoms. The van der Waals surface area contributed by atoms with E-state index in [1.807, 2.05) is 30.3 Å². The van der Waals surface area contributed by atoms with Crippen molar-refractivity contribution in [1.82, 2.24) is 4.90 Å². The maximum atomic E-state index is 11.9. The van der Waals surface area contributed by atoms with Gasteiger partial charge in [0.15, 0.2) is 0 Å². The Morgan fingerprint density at radius 3 is 2.50 bits per heavy atom. The van der Waals surface area contributed by atoms with Crippen molar-refractivity contribution < 1.29 is 14.3 Å². The Balaban J connectivity index is 2.18. The van der Waals surface area contributed by atoms with Gasteiger partial charge in [-0.3, -0.25) is 14.5 Å². The lowest BCUT2D eigenvalue weighted by atomic mass is 10.1. The van der Waals surface area contributed by atoms with E-state index in [-0.39, 0.29) is 11.8 Å². The van der Waals surface area contributed by atoms with Gasteiger partial charge in [0.05, 0.1) is 7.11 Å². The Kier molecular flexibility index (Phi) is 3.46. The highest BCUT2D eigenvalue weighted by molar-refractivity contribution is 6.08. The lowest BCUT2D eigenvalue weighted by Gasteiger charge is -2.08. The van der Waals surface area contributed by atoms with Crippen LogP contribution >= 0.6 is 0 Å². The van der Waals surface area contributed by atoms with Gasteiger partial charge in [0.1, 0.15) is 5.75 Å². The number of amides is 2. The monoisotopic (exact) mass is 245 g/mol. The van der Waals surface area contributed by atoms with Gasteiger partial charge in [0, 0.05) is 19.0 Å². The molecule has 1 aliphatic rings. The second-order valence-corrected chi connectivity index (χ2v) is 4.17. The summed E-state index contributed by atoms with van der Waals surface area (Å²) in [5.41, 5.74) is 1.61. The normalized spacial score (nSPS) is 17.3. The summed E-state index contributed by atoms with van der Waals surface area (Å²) < 4.78 is 5.07. The molecule has 0 radical (unpaired) electrons. The molecule has 1 aliphatic heterocycles. The maximum absolute atomic E-state index is 11.9. The first-order valence-corrected chi connectivity index (χ1v) is 5.79.